The van der Waals surface area contributed by atoms with Crippen LogP contribution in [-0.2, 0) is 11.4 Å². The highest BCUT2D eigenvalue weighted by Gasteiger charge is 2.26. The molecule has 0 spiro atoms. The van der Waals surface area contributed by atoms with Crippen molar-refractivity contribution in [2.45, 2.75) is 18.6 Å². The number of nitrogens with two attached hydrogens (primary N) is 1. The van der Waals surface area contributed by atoms with Gasteiger partial charge < -0.3 is 9.54 Å². The zero-order chi connectivity index (χ0) is 12.5. The van der Waals surface area contributed by atoms with Crippen LogP contribution in [0.2, 0.25) is 0 Å². The summed E-state index contributed by atoms with van der Waals surface area (Å²) in [6.07, 6.45) is 3.62. The van der Waals surface area contributed by atoms with Crippen LogP contribution in [0.15, 0.2) is 30.3 Å². The second-order valence-corrected chi connectivity index (χ2v) is 6.02. The van der Waals surface area contributed by atoms with E-state index in [2.05, 4.69) is 9.97 Å². The summed E-state index contributed by atoms with van der Waals surface area (Å²) in [6.45, 7) is 3.64. The van der Waals surface area contributed by atoms with Crippen LogP contribution in [0.1, 0.15) is 19.7 Å². The third kappa shape index (κ3) is 2.69. The number of hydrogen-bond donors (Lipinski definition) is 2. The fourth-order valence-corrected chi connectivity index (χ4v) is 1.60. The number of aromatic nitrogens is 2. The monoisotopic (exact) mass is 249 g/mol. The van der Waals surface area contributed by atoms with E-state index in [0.29, 0.717) is 0 Å². The molecule has 0 fully saturated rings. The van der Waals surface area contributed by atoms with Gasteiger partial charge in [-0.3, -0.25) is 0 Å². The van der Waals surface area contributed by atoms with Crippen molar-refractivity contribution >= 4 is 28.5 Å². The summed E-state index contributed by atoms with van der Waals surface area (Å²) in [7, 11) is 0. The number of nitrogens with one attached hydrogen (secondary N) is 1. The Morgan fingerprint density at radius 1 is 1.41 bits per heavy atom. The number of rotatable bonds is 3. The summed E-state index contributed by atoms with van der Waals surface area (Å²) in [5.74, 6) is 0.740. The average molecular weight is 249 g/mol. The molecule has 0 bridgehead atoms. The molecule has 4 nitrogen and oxygen atoms in total. The predicted molar refractivity (Wildman–Crippen MR) is 71.5 cm³/mol. The van der Waals surface area contributed by atoms with Gasteiger partial charge in [-0.15, -0.1) is 0 Å². The minimum absolute atomic E-state index is 0.557. The molecule has 0 amide bonds. The number of para-hydroxylation sites is 2. The highest BCUT2D eigenvalue weighted by molar-refractivity contribution is 7.90. The van der Waals surface area contributed by atoms with Gasteiger partial charge in [0.15, 0.2) is 4.75 Å². The van der Waals surface area contributed by atoms with Crippen molar-refractivity contribution in [1.29, 1.82) is 0 Å². The van der Waals surface area contributed by atoms with Gasteiger partial charge in [-0.25, -0.2) is 4.98 Å². The molecular formula is C12H15N3OS. The second kappa shape index (κ2) is 4.52. The number of hydrogen-bond acceptors (Lipinski definition) is 3. The van der Waals surface area contributed by atoms with E-state index in [1.54, 1.807) is 6.08 Å². The molecule has 2 aromatic rings. The predicted octanol–water partition coefficient (Wildman–Crippen LogP) is 1.98. The number of H-pyrrole nitrogens is 1. The number of imidazole rings is 1. The zero-order valence-corrected chi connectivity index (χ0v) is 10.6. The van der Waals surface area contributed by atoms with Gasteiger partial charge in [0.1, 0.15) is 5.82 Å². The van der Waals surface area contributed by atoms with Crippen molar-refractivity contribution in [3.05, 3.63) is 36.2 Å². The lowest BCUT2D eigenvalue weighted by molar-refractivity contribution is 0.573. The summed E-state index contributed by atoms with van der Waals surface area (Å²) in [4.78, 5) is 7.56. The van der Waals surface area contributed by atoms with Crippen molar-refractivity contribution in [3.63, 3.8) is 0 Å². The van der Waals surface area contributed by atoms with E-state index in [9.17, 15) is 4.55 Å². The lowest BCUT2D eigenvalue weighted by Crippen LogP contribution is -2.35. The Labute approximate surface area is 103 Å². The van der Waals surface area contributed by atoms with Crippen molar-refractivity contribution < 1.29 is 4.55 Å². The Bertz CT molecular complexity index is 512. The molecule has 1 aromatic heterocycles. The molecule has 0 radical (unpaired) electrons. The number of benzene rings is 1. The zero-order valence-electron chi connectivity index (χ0n) is 9.81. The van der Waals surface area contributed by atoms with Gasteiger partial charge >= 0.3 is 0 Å². The van der Waals surface area contributed by atoms with Gasteiger partial charge in [0.2, 0.25) is 0 Å². The van der Waals surface area contributed by atoms with Crippen LogP contribution in [0.5, 0.6) is 0 Å². The number of aromatic amines is 1. The Balaban J connectivity index is 2.27. The fourth-order valence-electron chi connectivity index (χ4n) is 1.40. The maximum atomic E-state index is 11.3. The average Bonchev–Trinajstić information content (AvgIpc) is 2.69. The quantitative estimate of drug-likeness (QED) is 0.816. The van der Waals surface area contributed by atoms with E-state index >= 15 is 0 Å². The van der Waals surface area contributed by atoms with Gasteiger partial charge in [-0.05, 0) is 38.1 Å². The molecule has 90 valence electrons. The maximum Gasteiger partial charge on any atom is 0.157 e. The van der Waals surface area contributed by atoms with E-state index in [-0.39, 0.29) is 0 Å². The molecule has 0 saturated carbocycles. The van der Waals surface area contributed by atoms with Crippen LogP contribution >= 0.6 is 0 Å². The summed E-state index contributed by atoms with van der Waals surface area (Å²) in [5, 5.41) is 5.40. The molecule has 3 N–H and O–H groups in total. The van der Waals surface area contributed by atoms with Crippen LogP contribution in [-0.4, -0.2) is 19.3 Å². The first-order chi connectivity index (χ1) is 7.99. The lowest BCUT2D eigenvalue weighted by Gasteiger charge is -2.19. The minimum atomic E-state index is -1.40. The normalized spacial score (nSPS) is 14.6. The third-order valence-electron chi connectivity index (χ3n) is 2.57. The molecule has 1 heterocycles. The van der Waals surface area contributed by atoms with Crippen LogP contribution < -0.4 is 5.14 Å². The smallest absolute Gasteiger partial charge is 0.157 e. The van der Waals surface area contributed by atoms with Gasteiger partial charge in [0, 0.05) is 11.4 Å². The molecule has 0 aliphatic rings. The van der Waals surface area contributed by atoms with E-state index in [1.165, 1.54) is 0 Å². The fraction of sp³-hybridized carbons (Fsp3) is 0.250. The number of nitrogens with zero attached hydrogens (tertiary/aromatic N) is 1. The van der Waals surface area contributed by atoms with E-state index in [0.717, 1.165) is 16.9 Å². The Morgan fingerprint density at radius 3 is 2.76 bits per heavy atom. The van der Waals surface area contributed by atoms with Gasteiger partial charge in [-0.1, -0.05) is 12.1 Å². The van der Waals surface area contributed by atoms with Crippen LogP contribution in [0.4, 0.5) is 0 Å². The summed E-state index contributed by atoms with van der Waals surface area (Å²) < 4.78 is 10.7. The van der Waals surface area contributed by atoms with Crippen molar-refractivity contribution in [1.82, 2.24) is 9.97 Å². The lowest BCUT2D eigenvalue weighted by atomic mass is 10.2. The van der Waals surface area contributed by atoms with Crippen LogP contribution in [0.3, 0.4) is 0 Å². The molecule has 5 heteroatoms. The molecule has 1 aromatic carbocycles. The third-order valence-corrected chi connectivity index (χ3v) is 3.74. The molecule has 1 unspecified atom stereocenters. The summed E-state index contributed by atoms with van der Waals surface area (Å²) >= 11 is -1.40. The standard InChI is InChI=1S/C12H15N3OS/c1-12(2,17(13)16)8-7-11-14-9-5-3-4-6-10(9)15-11/h3-8H,13H2,1-2H3,(H,14,15). The van der Waals surface area contributed by atoms with Crippen LogP contribution in [0, 0.1) is 0 Å². The minimum Gasteiger partial charge on any atom is -0.598 e. The van der Waals surface area contributed by atoms with Gasteiger partial charge in [-0.2, -0.15) is 5.14 Å². The van der Waals surface area contributed by atoms with Gasteiger partial charge in [0.05, 0.1) is 11.0 Å². The Kier molecular flexibility index (Phi) is 3.24. The van der Waals surface area contributed by atoms with E-state index in [1.807, 2.05) is 44.2 Å². The Hall–Kier alpha value is -1.30. The number of fused-ring (bicyclic) bond motifs is 1. The first kappa shape index (κ1) is 12.2. The van der Waals surface area contributed by atoms with Crippen molar-refractivity contribution in [3.8, 4) is 0 Å². The van der Waals surface area contributed by atoms with Crippen molar-refractivity contribution in [2.24, 2.45) is 5.14 Å². The first-order valence-corrected chi connectivity index (χ1v) is 6.50. The highest BCUT2D eigenvalue weighted by atomic mass is 32.2. The first-order valence-electron chi connectivity index (χ1n) is 5.29. The van der Waals surface area contributed by atoms with E-state index < -0.39 is 16.1 Å². The summed E-state index contributed by atoms with van der Waals surface area (Å²) in [5.41, 5.74) is 1.90. The molecule has 0 aliphatic heterocycles. The van der Waals surface area contributed by atoms with Crippen LogP contribution in [0.25, 0.3) is 17.1 Å². The molecule has 17 heavy (non-hydrogen) atoms. The molecule has 0 aliphatic carbocycles. The van der Waals surface area contributed by atoms with E-state index in [4.69, 9.17) is 5.14 Å². The molecular weight excluding hydrogens is 234 g/mol. The molecule has 0 saturated heterocycles. The highest BCUT2D eigenvalue weighted by Crippen LogP contribution is 2.17. The maximum absolute atomic E-state index is 11.3. The van der Waals surface area contributed by atoms with Gasteiger partial charge in [0.25, 0.3) is 0 Å². The van der Waals surface area contributed by atoms with Crippen molar-refractivity contribution in [2.75, 3.05) is 0 Å². The largest absolute Gasteiger partial charge is 0.598 e. The molecule has 2 rings (SSSR count). The second-order valence-electron chi connectivity index (χ2n) is 4.37. The summed E-state index contributed by atoms with van der Waals surface area (Å²) in [6, 6.07) is 7.80. The Morgan fingerprint density at radius 2 is 2.12 bits per heavy atom. The molecule has 1 atom stereocenters. The topological polar surface area (TPSA) is 77.8 Å². The SMILES string of the molecule is CC(C)(C=Cc1nc2ccccc2[nH]1)[S+](N)[O-].